The van der Waals surface area contributed by atoms with Crippen molar-refractivity contribution in [1.82, 2.24) is 4.98 Å². The number of carbonyl (C=O) groups excluding carboxylic acids is 1. The predicted molar refractivity (Wildman–Crippen MR) is 70.6 cm³/mol. The van der Waals surface area contributed by atoms with E-state index < -0.39 is 23.3 Å². The summed E-state index contributed by atoms with van der Waals surface area (Å²) in [4.78, 5) is 26.7. The second-order valence-electron chi connectivity index (χ2n) is 3.78. The van der Waals surface area contributed by atoms with Gasteiger partial charge in [-0.05, 0) is 24.3 Å². The Morgan fingerprint density at radius 3 is 2.70 bits per heavy atom. The quantitative estimate of drug-likeness (QED) is 0.912. The minimum atomic E-state index is -1.47. The molecule has 0 atom stereocenters. The fourth-order valence-corrected chi connectivity index (χ4v) is 1.72. The average molecular weight is 295 g/mol. The van der Waals surface area contributed by atoms with Gasteiger partial charge < -0.3 is 10.4 Å². The van der Waals surface area contributed by atoms with E-state index >= 15 is 0 Å². The van der Waals surface area contributed by atoms with Crippen LogP contribution in [-0.2, 0) is 0 Å². The molecule has 0 aliphatic carbocycles. The number of hydrogen-bond donors (Lipinski definition) is 2. The summed E-state index contributed by atoms with van der Waals surface area (Å²) in [5.74, 6) is -3.09. The molecule has 7 heteroatoms. The second-order valence-corrected chi connectivity index (χ2v) is 4.22. The number of nitrogens with zero attached hydrogens (tertiary/aromatic N) is 1. The van der Waals surface area contributed by atoms with Crippen molar-refractivity contribution in [2.24, 2.45) is 0 Å². The summed E-state index contributed by atoms with van der Waals surface area (Å²) < 4.78 is 13.4. The van der Waals surface area contributed by atoms with E-state index in [-0.39, 0.29) is 11.4 Å². The summed E-state index contributed by atoms with van der Waals surface area (Å²) in [5, 5.41) is 11.5. The minimum absolute atomic E-state index is 0.00176. The zero-order chi connectivity index (χ0) is 14.7. The monoisotopic (exact) mass is 294 g/mol. The van der Waals surface area contributed by atoms with E-state index in [4.69, 9.17) is 16.7 Å². The number of amides is 1. The van der Waals surface area contributed by atoms with Gasteiger partial charge >= 0.3 is 5.97 Å². The lowest BCUT2D eigenvalue weighted by Crippen LogP contribution is -2.16. The van der Waals surface area contributed by atoms with E-state index in [1.54, 1.807) is 0 Å². The first-order valence-electron chi connectivity index (χ1n) is 5.44. The lowest BCUT2D eigenvalue weighted by atomic mass is 10.1. The van der Waals surface area contributed by atoms with Crippen LogP contribution >= 0.6 is 11.6 Å². The molecule has 0 fully saturated rings. The maximum absolute atomic E-state index is 13.4. The Bertz CT molecular complexity index is 691. The van der Waals surface area contributed by atoms with Gasteiger partial charge in [0.05, 0.1) is 5.69 Å². The minimum Gasteiger partial charge on any atom is -0.478 e. The Kier molecular flexibility index (Phi) is 3.95. The van der Waals surface area contributed by atoms with Crippen LogP contribution in [0.1, 0.15) is 20.8 Å². The molecule has 0 aliphatic heterocycles. The highest BCUT2D eigenvalue weighted by Crippen LogP contribution is 2.20. The van der Waals surface area contributed by atoms with Gasteiger partial charge in [-0.25, -0.2) is 9.18 Å². The lowest BCUT2D eigenvalue weighted by molar-refractivity contribution is 0.0693. The SMILES string of the molecule is O=C(Nc1cccc(F)c1C(=O)O)c1cc(Cl)ccn1. The highest BCUT2D eigenvalue weighted by Gasteiger charge is 2.18. The number of carboxylic acids is 1. The molecule has 5 nitrogen and oxygen atoms in total. The zero-order valence-corrected chi connectivity index (χ0v) is 10.7. The Morgan fingerprint density at radius 2 is 2.05 bits per heavy atom. The molecule has 1 aromatic heterocycles. The molecule has 2 rings (SSSR count). The van der Waals surface area contributed by atoms with Crippen molar-refractivity contribution in [3.8, 4) is 0 Å². The maximum atomic E-state index is 13.4. The molecule has 0 radical (unpaired) electrons. The molecule has 102 valence electrons. The molecule has 0 spiro atoms. The number of nitrogens with one attached hydrogen (secondary N) is 1. The molecule has 2 aromatic rings. The van der Waals surface area contributed by atoms with E-state index in [9.17, 15) is 14.0 Å². The molecule has 0 saturated heterocycles. The van der Waals surface area contributed by atoms with Crippen LogP contribution in [0.25, 0.3) is 0 Å². The molecule has 2 N–H and O–H groups in total. The third-order valence-electron chi connectivity index (χ3n) is 2.43. The smallest absolute Gasteiger partial charge is 0.340 e. The van der Waals surface area contributed by atoms with E-state index in [1.165, 1.54) is 30.5 Å². The molecule has 1 amide bonds. The van der Waals surface area contributed by atoms with Crippen molar-refractivity contribution in [3.63, 3.8) is 0 Å². The van der Waals surface area contributed by atoms with Gasteiger partial charge in [-0.2, -0.15) is 0 Å². The Hall–Kier alpha value is -2.47. The van der Waals surface area contributed by atoms with E-state index in [0.29, 0.717) is 5.02 Å². The molecular weight excluding hydrogens is 287 g/mol. The number of anilines is 1. The molecule has 0 aliphatic rings. The van der Waals surface area contributed by atoms with Crippen LogP contribution in [0.5, 0.6) is 0 Å². The van der Waals surface area contributed by atoms with Gasteiger partial charge in [0.1, 0.15) is 17.1 Å². The van der Waals surface area contributed by atoms with Gasteiger partial charge in [-0.3, -0.25) is 9.78 Å². The number of halogens is 2. The van der Waals surface area contributed by atoms with Crippen LogP contribution in [0, 0.1) is 5.82 Å². The molecular formula is C13H8ClFN2O3. The predicted octanol–water partition coefficient (Wildman–Crippen LogP) is 2.82. The van der Waals surface area contributed by atoms with Crippen molar-refractivity contribution in [3.05, 3.63) is 58.6 Å². The van der Waals surface area contributed by atoms with Crippen LogP contribution in [0.3, 0.4) is 0 Å². The van der Waals surface area contributed by atoms with Crippen LogP contribution < -0.4 is 5.32 Å². The van der Waals surface area contributed by atoms with Gasteiger partial charge in [-0.1, -0.05) is 17.7 Å². The van der Waals surface area contributed by atoms with Gasteiger partial charge in [0.2, 0.25) is 0 Å². The van der Waals surface area contributed by atoms with Gasteiger partial charge in [0.15, 0.2) is 0 Å². The topological polar surface area (TPSA) is 79.3 Å². The Balaban J connectivity index is 2.33. The number of aromatic carboxylic acids is 1. The van der Waals surface area contributed by atoms with Crippen LogP contribution in [-0.4, -0.2) is 22.0 Å². The lowest BCUT2D eigenvalue weighted by Gasteiger charge is -2.08. The highest BCUT2D eigenvalue weighted by molar-refractivity contribution is 6.31. The Morgan fingerprint density at radius 1 is 1.30 bits per heavy atom. The maximum Gasteiger partial charge on any atom is 0.340 e. The number of benzene rings is 1. The van der Waals surface area contributed by atoms with E-state index in [1.807, 2.05) is 0 Å². The van der Waals surface area contributed by atoms with Crippen LogP contribution in [0.4, 0.5) is 10.1 Å². The fraction of sp³-hybridized carbons (Fsp3) is 0. The van der Waals surface area contributed by atoms with Gasteiger partial charge in [0, 0.05) is 11.2 Å². The summed E-state index contributed by atoms with van der Waals surface area (Å²) >= 11 is 5.72. The second kappa shape index (κ2) is 5.66. The first-order chi connectivity index (χ1) is 9.49. The summed E-state index contributed by atoms with van der Waals surface area (Å²) in [7, 11) is 0. The fourth-order valence-electron chi connectivity index (χ4n) is 1.56. The van der Waals surface area contributed by atoms with Crippen LogP contribution in [0.15, 0.2) is 36.5 Å². The first-order valence-corrected chi connectivity index (χ1v) is 5.81. The summed E-state index contributed by atoms with van der Waals surface area (Å²) in [6.45, 7) is 0. The van der Waals surface area contributed by atoms with E-state index in [2.05, 4.69) is 10.3 Å². The van der Waals surface area contributed by atoms with Gasteiger partial charge in [0.25, 0.3) is 5.91 Å². The summed E-state index contributed by atoms with van der Waals surface area (Å²) in [6, 6.07) is 6.38. The molecule has 0 bridgehead atoms. The average Bonchev–Trinajstić information content (AvgIpc) is 2.38. The number of hydrogen-bond acceptors (Lipinski definition) is 3. The third-order valence-corrected chi connectivity index (χ3v) is 2.67. The normalized spacial score (nSPS) is 10.1. The molecule has 0 saturated carbocycles. The van der Waals surface area contributed by atoms with Crippen molar-refractivity contribution < 1.29 is 19.1 Å². The van der Waals surface area contributed by atoms with Crippen molar-refractivity contribution in [2.45, 2.75) is 0 Å². The van der Waals surface area contributed by atoms with E-state index in [0.717, 1.165) is 6.07 Å². The van der Waals surface area contributed by atoms with Crippen molar-refractivity contribution >= 4 is 29.2 Å². The van der Waals surface area contributed by atoms with Gasteiger partial charge in [-0.15, -0.1) is 0 Å². The molecule has 1 aromatic carbocycles. The number of pyridine rings is 1. The Labute approximate surface area is 118 Å². The van der Waals surface area contributed by atoms with Crippen molar-refractivity contribution in [2.75, 3.05) is 5.32 Å². The molecule has 20 heavy (non-hydrogen) atoms. The zero-order valence-electron chi connectivity index (χ0n) is 9.93. The summed E-state index contributed by atoms with van der Waals surface area (Å²) in [5.41, 5.74) is -0.759. The molecule has 0 unspecified atom stereocenters. The molecule has 1 heterocycles. The number of carbonyl (C=O) groups is 2. The number of rotatable bonds is 3. The van der Waals surface area contributed by atoms with Crippen molar-refractivity contribution in [1.29, 1.82) is 0 Å². The number of aromatic nitrogens is 1. The third kappa shape index (κ3) is 2.92. The highest BCUT2D eigenvalue weighted by atomic mass is 35.5. The van der Waals surface area contributed by atoms with Crippen LogP contribution in [0.2, 0.25) is 5.02 Å². The number of carboxylic acid groups (broad SMARTS) is 1. The standard InChI is InChI=1S/C13H8ClFN2O3/c14-7-4-5-16-10(6-7)12(18)17-9-3-1-2-8(15)11(9)13(19)20/h1-6H,(H,17,18)(H,19,20). The first kappa shape index (κ1) is 14.0. The summed E-state index contributed by atoms with van der Waals surface area (Å²) in [6.07, 6.45) is 1.33. The largest absolute Gasteiger partial charge is 0.478 e.